The molecule has 0 atom stereocenters. The first-order valence-electron chi connectivity index (χ1n) is 7.46. The molecule has 24 heavy (non-hydrogen) atoms. The van der Waals surface area contributed by atoms with Crippen molar-refractivity contribution >= 4 is 18.1 Å². The fourth-order valence-electron chi connectivity index (χ4n) is 2.58. The van der Waals surface area contributed by atoms with Crippen molar-refractivity contribution < 1.29 is 19.4 Å². The summed E-state index contributed by atoms with van der Waals surface area (Å²) in [5, 5.41) is 21.3. The summed E-state index contributed by atoms with van der Waals surface area (Å²) in [7, 11) is 0. The van der Waals surface area contributed by atoms with Crippen LogP contribution in [0.2, 0.25) is 0 Å². The summed E-state index contributed by atoms with van der Waals surface area (Å²) < 4.78 is 5.11. The number of carboxylic acid groups (broad SMARTS) is 1. The van der Waals surface area contributed by atoms with Crippen LogP contribution in [-0.2, 0) is 17.6 Å². The van der Waals surface area contributed by atoms with Gasteiger partial charge in [0, 0.05) is 16.8 Å². The summed E-state index contributed by atoms with van der Waals surface area (Å²) in [5.41, 5.74) is 5.26. The molecular weight excluding hydrogens is 312 g/mol. The lowest BCUT2D eigenvalue weighted by Crippen LogP contribution is -2.29. The van der Waals surface area contributed by atoms with Crippen molar-refractivity contribution in [3.63, 3.8) is 0 Å². The molecule has 0 bridgehead atoms. The summed E-state index contributed by atoms with van der Waals surface area (Å²) in [5.74, 6) is -1.37. The van der Waals surface area contributed by atoms with E-state index >= 15 is 0 Å². The number of amides is 1. The number of rotatable bonds is 6. The lowest BCUT2D eigenvalue weighted by atomic mass is 10.2. The number of ether oxygens (including phenoxy) is 1. The number of aryl methyl sites for hydroxylation is 1. The van der Waals surface area contributed by atoms with Gasteiger partial charge in [0.2, 0.25) is 0 Å². The van der Waals surface area contributed by atoms with Crippen LogP contribution >= 0.6 is 0 Å². The summed E-state index contributed by atoms with van der Waals surface area (Å²) >= 11 is 0. The number of aromatic amines is 1. The number of benzene rings is 1. The maximum absolute atomic E-state index is 12.1. The largest absolute Gasteiger partial charge is 0.546 e. The highest BCUT2D eigenvalue weighted by molar-refractivity contribution is 5.95. The minimum atomic E-state index is -1.32. The van der Waals surface area contributed by atoms with Gasteiger partial charge in [-0.05, 0) is 31.4 Å². The molecule has 0 spiro atoms. The number of nitrogens with zero attached hydrogens (tertiary/aromatic N) is 2. The van der Waals surface area contributed by atoms with Crippen LogP contribution in [0.3, 0.4) is 0 Å². The smallest absolute Gasteiger partial charge is 0.292 e. The number of hydrogen-bond acceptors (Lipinski definition) is 6. The summed E-state index contributed by atoms with van der Waals surface area (Å²) in [6.07, 6.45) is 4.13. The minimum Gasteiger partial charge on any atom is -0.546 e. The first-order valence-corrected chi connectivity index (χ1v) is 7.46. The number of carbonyl (C=O) groups excluding carboxylic acids is 2. The molecule has 0 saturated heterocycles. The molecule has 1 aliphatic carbocycles. The molecule has 0 fully saturated rings. The van der Waals surface area contributed by atoms with E-state index < -0.39 is 18.5 Å². The topological polar surface area (TPSA) is 120 Å². The monoisotopic (exact) mass is 327 g/mol. The third kappa shape index (κ3) is 3.43. The molecule has 0 unspecified atom stereocenters. The lowest BCUT2D eigenvalue weighted by molar-refractivity contribution is -0.307. The number of hydrazone groups is 1. The van der Waals surface area contributed by atoms with Gasteiger partial charge in [0.05, 0.1) is 12.2 Å². The molecule has 8 nitrogen and oxygen atoms in total. The van der Waals surface area contributed by atoms with Crippen LogP contribution in [0.25, 0.3) is 0 Å². The van der Waals surface area contributed by atoms with E-state index in [0.717, 1.165) is 30.5 Å². The standard InChI is InChI=1S/C16H16N4O4/c21-14(22)9-24-13-7-2-1-4-10(13)8-17-20-16(23)15-11-5-3-6-12(11)18-19-15/h1-2,4,7-8H,3,5-6,9H2,(H,18,19)(H,20,23)(H,21,22)/p-1/b17-8-. The Morgan fingerprint density at radius 3 is 3.04 bits per heavy atom. The second-order valence-electron chi connectivity index (χ2n) is 5.28. The van der Waals surface area contributed by atoms with E-state index in [9.17, 15) is 14.7 Å². The van der Waals surface area contributed by atoms with Gasteiger partial charge < -0.3 is 14.6 Å². The van der Waals surface area contributed by atoms with Crippen molar-refractivity contribution in [2.45, 2.75) is 19.3 Å². The van der Waals surface area contributed by atoms with Gasteiger partial charge >= 0.3 is 0 Å². The SMILES string of the molecule is O=C([O-])COc1ccccc1/C=N\NC(=O)c1n[nH]c2c1CCC2. The maximum atomic E-state index is 12.1. The number of hydrogen-bond donors (Lipinski definition) is 2. The fourth-order valence-corrected chi connectivity index (χ4v) is 2.58. The molecule has 1 aliphatic rings. The van der Waals surface area contributed by atoms with Crippen LogP contribution in [0.4, 0.5) is 0 Å². The lowest BCUT2D eigenvalue weighted by Gasteiger charge is -2.08. The predicted molar refractivity (Wildman–Crippen MR) is 82.6 cm³/mol. The van der Waals surface area contributed by atoms with Crippen LogP contribution in [0.15, 0.2) is 29.4 Å². The Balaban J connectivity index is 1.66. The van der Waals surface area contributed by atoms with E-state index in [1.54, 1.807) is 24.3 Å². The number of aromatic nitrogens is 2. The van der Waals surface area contributed by atoms with Crippen molar-refractivity contribution in [3.8, 4) is 5.75 Å². The van der Waals surface area contributed by atoms with Crippen molar-refractivity contribution in [2.75, 3.05) is 6.61 Å². The molecule has 124 valence electrons. The number of para-hydroxylation sites is 1. The van der Waals surface area contributed by atoms with Crippen molar-refractivity contribution in [2.24, 2.45) is 5.10 Å². The van der Waals surface area contributed by atoms with Crippen molar-refractivity contribution in [1.82, 2.24) is 15.6 Å². The van der Waals surface area contributed by atoms with Gasteiger partial charge in [-0.25, -0.2) is 5.43 Å². The molecule has 2 N–H and O–H groups in total. The third-order valence-corrected chi connectivity index (χ3v) is 3.66. The van der Waals surface area contributed by atoms with Crippen LogP contribution < -0.4 is 15.3 Å². The Morgan fingerprint density at radius 1 is 1.38 bits per heavy atom. The maximum Gasteiger partial charge on any atom is 0.292 e. The highest BCUT2D eigenvalue weighted by atomic mass is 16.5. The molecular formula is C16H15N4O4-. The molecule has 0 aliphatic heterocycles. The van der Waals surface area contributed by atoms with E-state index in [4.69, 9.17) is 4.74 Å². The molecule has 2 aromatic rings. The molecule has 0 radical (unpaired) electrons. The van der Waals surface area contributed by atoms with Gasteiger partial charge in [-0.15, -0.1) is 0 Å². The van der Waals surface area contributed by atoms with Crippen LogP contribution in [0, 0.1) is 0 Å². The Hall–Kier alpha value is -3.16. The number of aliphatic carboxylic acids is 1. The van der Waals surface area contributed by atoms with Crippen molar-refractivity contribution in [3.05, 3.63) is 46.8 Å². The number of nitrogens with one attached hydrogen (secondary N) is 2. The highest BCUT2D eigenvalue weighted by Gasteiger charge is 2.22. The average Bonchev–Trinajstić information content (AvgIpc) is 3.16. The summed E-state index contributed by atoms with van der Waals surface area (Å²) in [6.45, 7) is -0.559. The van der Waals surface area contributed by atoms with E-state index in [1.807, 2.05) is 0 Å². The Labute approximate surface area is 137 Å². The molecule has 8 heteroatoms. The van der Waals surface area contributed by atoms with Gasteiger partial charge in [-0.1, -0.05) is 12.1 Å². The van der Waals surface area contributed by atoms with Crippen LogP contribution in [0.1, 0.15) is 33.7 Å². The summed E-state index contributed by atoms with van der Waals surface area (Å²) in [6, 6.07) is 6.74. The molecule has 3 rings (SSSR count). The number of carbonyl (C=O) groups is 2. The first-order chi connectivity index (χ1) is 11.6. The zero-order chi connectivity index (χ0) is 16.9. The van der Waals surface area contributed by atoms with Crippen molar-refractivity contribution in [1.29, 1.82) is 0 Å². The zero-order valence-electron chi connectivity index (χ0n) is 12.7. The second-order valence-corrected chi connectivity index (χ2v) is 5.28. The van der Waals surface area contributed by atoms with Crippen LogP contribution in [0.5, 0.6) is 5.75 Å². The second kappa shape index (κ2) is 6.95. The van der Waals surface area contributed by atoms with E-state index in [2.05, 4.69) is 20.7 Å². The van der Waals surface area contributed by atoms with Crippen LogP contribution in [-0.4, -0.2) is 34.9 Å². The van der Waals surface area contributed by atoms with Gasteiger partial charge in [-0.2, -0.15) is 10.2 Å². The summed E-state index contributed by atoms with van der Waals surface area (Å²) in [4.78, 5) is 22.6. The third-order valence-electron chi connectivity index (χ3n) is 3.66. The number of fused-ring (bicyclic) bond motifs is 1. The Morgan fingerprint density at radius 2 is 2.21 bits per heavy atom. The van der Waals surface area contributed by atoms with E-state index in [-0.39, 0.29) is 0 Å². The molecule has 1 amide bonds. The predicted octanol–water partition coefficient (Wildman–Crippen LogP) is -0.209. The Bertz CT molecular complexity index is 797. The molecule has 1 heterocycles. The number of carboxylic acids is 1. The van der Waals surface area contributed by atoms with E-state index in [0.29, 0.717) is 17.0 Å². The van der Waals surface area contributed by atoms with Gasteiger partial charge in [-0.3, -0.25) is 9.89 Å². The minimum absolute atomic E-state index is 0.334. The quantitative estimate of drug-likeness (QED) is 0.562. The molecule has 1 aromatic heterocycles. The average molecular weight is 327 g/mol. The highest BCUT2D eigenvalue weighted by Crippen LogP contribution is 2.22. The fraction of sp³-hybridized carbons (Fsp3) is 0.250. The number of H-pyrrole nitrogens is 1. The molecule has 1 aromatic carbocycles. The first kappa shape index (κ1) is 15.7. The van der Waals surface area contributed by atoms with Gasteiger partial charge in [0.1, 0.15) is 12.4 Å². The van der Waals surface area contributed by atoms with E-state index in [1.165, 1.54) is 6.21 Å². The van der Waals surface area contributed by atoms with Gasteiger partial charge in [0.15, 0.2) is 5.69 Å². The Kier molecular flexibility index (Phi) is 4.55. The normalized spacial score (nSPS) is 13.0. The molecule has 0 saturated carbocycles. The zero-order valence-corrected chi connectivity index (χ0v) is 12.7. The van der Waals surface area contributed by atoms with Gasteiger partial charge in [0.25, 0.3) is 5.91 Å².